The van der Waals surface area contributed by atoms with Gasteiger partial charge < -0.3 is 10.1 Å². The SMILES string of the molecule is O=C1[N-][C@H]2c3ccccc3C[C@H]2O1.[Li+]. The zero-order chi connectivity index (χ0) is 8.84. The normalized spacial score (nSPS) is 27.0. The predicted octanol–water partition coefficient (Wildman–Crippen LogP) is -0.820. The summed E-state index contributed by atoms with van der Waals surface area (Å²) in [5, 5.41) is 3.93. The Hall–Kier alpha value is -0.913. The molecule has 3 rings (SSSR count). The van der Waals surface area contributed by atoms with Crippen molar-refractivity contribution in [1.82, 2.24) is 0 Å². The van der Waals surface area contributed by atoms with Gasteiger partial charge in [0.1, 0.15) is 0 Å². The van der Waals surface area contributed by atoms with Crippen molar-refractivity contribution in [2.24, 2.45) is 0 Å². The van der Waals surface area contributed by atoms with Gasteiger partial charge in [-0.3, -0.25) is 4.79 Å². The third-order valence-corrected chi connectivity index (χ3v) is 2.64. The average molecular weight is 181 g/mol. The first-order valence-corrected chi connectivity index (χ1v) is 4.34. The van der Waals surface area contributed by atoms with E-state index in [1.165, 1.54) is 5.56 Å². The molecule has 66 valence electrons. The molecule has 0 spiro atoms. The van der Waals surface area contributed by atoms with Crippen LogP contribution in [0.1, 0.15) is 17.2 Å². The van der Waals surface area contributed by atoms with Crippen molar-refractivity contribution in [1.29, 1.82) is 0 Å². The molecule has 1 saturated heterocycles. The van der Waals surface area contributed by atoms with Gasteiger partial charge in [-0.25, -0.2) is 0 Å². The third kappa shape index (κ3) is 1.25. The van der Waals surface area contributed by atoms with Crippen LogP contribution in [0.25, 0.3) is 5.32 Å². The van der Waals surface area contributed by atoms with E-state index in [9.17, 15) is 4.79 Å². The number of carbonyl (C=O) groups is 1. The van der Waals surface area contributed by atoms with Crippen molar-refractivity contribution >= 4 is 6.09 Å². The Bertz CT molecular complexity index is 380. The number of hydrogen-bond donors (Lipinski definition) is 0. The molecule has 1 amide bonds. The van der Waals surface area contributed by atoms with Crippen molar-refractivity contribution in [3.05, 3.63) is 40.7 Å². The van der Waals surface area contributed by atoms with E-state index in [-0.39, 0.29) is 31.0 Å². The molecule has 0 N–H and O–H groups in total. The molecule has 2 atom stereocenters. The molecule has 2 aliphatic rings. The number of amides is 1. The number of hydrogen-bond acceptors (Lipinski definition) is 2. The van der Waals surface area contributed by atoms with Crippen LogP contribution in [0.5, 0.6) is 0 Å². The van der Waals surface area contributed by atoms with E-state index in [1.54, 1.807) is 0 Å². The zero-order valence-electron chi connectivity index (χ0n) is 7.93. The predicted molar refractivity (Wildman–Crippen MR) is 46.5 cm³/mol. The number of fused-ring (bicyclic) bond motifs is 3. The van der Waals surface area contributed by atoms with E-state index in [4.69, 9.17) is 4.74 Å². The molecule has 0 unspecified atom stereocenters. The van der Waals surface area contributed by atoms with Crippen LogP contribution in [0.4, 0.5) is 4.79 Å². The first kappa shape index (κ1) is 9.64. The maximum Gasteiger partial charge on any atom is 1.00 e. The summed E-state index contributed by atoms with van der Waals surface area (Å²) in [5.41, 5.74) is 2.41. The van der Waals surface area contributed by atoms with Crippen molar-refractivity contribution in [2.75, 3.05) is 0 Å². The fourth-order valence-corrected chi connectivity index (χ4v) is 2.07. The van der Waals surface area contributed by atoms with Crippen LogP contribution in [-0.4, -0.2) is 12.2 Å². The Balaban J connectivity index is 0.000000750. The molecule has 1 aliphatic heterocycles. The molecule has 0 radical (unpaired) electrons. The second-order valence-electron chi connectivity index (χ2n) is 3.40. The van der Waals surface area contributed by atoms with E-state index in [0.29, 0.717) is 0 Å². The first-order valence-electron chi connectivity index (χ1n) is 4.34. The molecular weight excluding hydrogens is 173 g/mol. The van der Waals surface area contributed by atoms with Gasteiger partial charge >= 0.3 is 18.9 Å². The number of benzene rings is 1. The summed E-state index contributed by atoms with van der Waals surface area (Å²) >= 11 is 0. The van der Waals surface area contributed by atoms with Crippen LogP contribution in [-0.2, 0) is 11.2 Å². The minimum Gasteiger partial charge on any atom is -0.608 e. The van der Waals surface area contributed by atoms with E-state index in [0.717, 1.165) is 12.0 Å². The van der Waals surface area contributed by atoms with Crippen LogP contribution in [0, 0.1) is 0 Å². The summed E-state index contributed by atoms with van der Waals surface area (Å²) in [4.78, 5) is 10.9. The van der Waals surface area contributed by atoms with Crippen molar-refractivity contribution < 1.29 is 28.4 Å². The number of ether oxygens (including phenoxy) is 1. The Morgan fingerprint density at radius 1 is 1.36 bits per heavy atom. The van der Waals surface area contributed by atoms with Gasteiger partial charge in [0.05, 0.1) is 6.10 Å². The summed E-state index contributed by atoms with van der Waals surface area (Å²) in [6.07, 6.45) is 0.366. The minimum atomic E-state index is -0.412. The van der Waals surface area contributed by atoms with Crippen molar-refractivity contribution in [3.8, 4) is 0 Å². The Kier molecular flexibility index (Phi) is 2.30. The zero-order valence-corrected chi connectivity index (χ0v) is 7.93. The number of nitrogens with zero attached hydrogens (tertiary/aromatic N) is 1. The number of rotatable bonds is 0. The molecule has 1 aromatic carbocycles. The van der Waals surface area contributed by atoms with Gasteiger partial charge in [-0.1, -0.05) is 29.8 Å². The van der Waals surface area contributed by atoms with Gasteiger partial charge in [-0.15, -0.1) is 0 Å². The van der Waals surface area contributed by atoms with Gasteiger partial charge in [0.15, 0.2) is 0 Å². The van der Waals surface area contributed by atoms with Gasteiger partial charge in [0, 0.05) is 6.42 Å². The van der Waals surface area contributed by atoms with Gasteiger partial charge in [-0.2, -0.15) is 0 Å². The summed E-state index contributed by atoms with van der Waals surface area (Å²) in [5.74, 6) is 0. The molecule has 4 heteroatoms. The maximum absolute atomic E-state index is 10.9. The van der Waals surface area contributed by atoms with Crippen LogP contribution in [0.3, 0.4) is 0 Å². The summed E-state index contributed by atoms with van der Waals surface area (Å²) < 4.78 is 5.06. The Labute approximate surface area is 94.0 Å². The largest absolute Gasteiger partial charge is 1.00 e. The standard InChI is InChI=1S/C10H9NO2.Li/c12-10-11-9-7-4-2-1-3-6(7)5-8(9)13-10;/h1-4,8-9H,5H2,(H,11,12);/q;+1/p-1/t8-,9+;/m1./s1. The Morgan fingerprint density at radius 3 is 3.00 bits per heavy atom. The first-order chi connectivity index (χ1) is 6.34. The second kappa shape index (κ2) is 3.34. The molecule has 0 bridgehead atoms. The molecule has 0 aromatic heterocycles. The second-order valence-corrected chi connectivity index (χ2v) is 3.40. The van der Waals surface area contributed by atoms with Crippen LogP contribution < -0.4 is 18.9 Å². The van der Waals surface area contributed by atoms with Gasteiger partial charge in [0.2, 0.25) is 6.09 Å². The molecule has 14 heavy (non-hydrogen) atoms. The molecular formula is C10H8LiNO2. The number of carbonyl (C=O) groups excluding carboxylic acids is 1. The minimum absolute atomic E-state index is 0. The van der Waals surface area contributed by atoms with E-state index in [1.807, 2.05) is 18.2 Å². The summed E-state index contributed by atoms with van der Waals surface area (Å²) in [6, 6.07) is 8.02. The maximum atomic E-state index is 10.9. The third-order valence-electron chi connectivity index (χ3n) is 2.64. The van der Waals surface area contributed by atoms with Crippen LogP contribution in [0.2, 0.25) is 0 Å². The molecule has 1 heterocycles. The molecule has 0 saturated carbocycles. The van der Waals surface area contributed by atoms with E-state index >= 15 is 0 Å². The average Bonchev–Trinajstić information content (AvgIpc) is 2.60. The van der Waals surface area contributed by atoms with Crippen LogP contribution in [0.15, 0.2) is 24.3 Å². The molecule has 3 nitrogen and oxygen atoms in total. The van der Waals surface area contributed by atoms with Gasteiger partial charge in [-0.05, 0) is 11.6 Å². The van der Waals surface area contributed by atoms with E-state index < -0.39 is 6.09 Å². The van der Waals surface area contributed by atoms with Gasteiger partial charge in [0.25, 0.3) is 0 Å². The smallest absolute Gasteiger partial charge is 0.608 e. The van der Waals surface area contributed by atoms with E-state index in [2.05, 4.69) is 11.4 Å². The fourth-order valence-electron chi connectivity index (χ4n) is 2.07. The quantitative estimate of drug-likeness (QED) is 0.490. The molecule has 1 aromatic rings. The van der Waals surface area contributed by atoms with Crippen molar-refractivity contribution in [2.45, 2.75) is 18.6 Å². The summed E-state index contributed by atoms with van der Waals surface area (Å²) in [7, 11) is 0. The summed E-state index contributed by atoms with van der Waals surface area (Å²) in [6.45, 7) is 0. The van der Waals surface area contributed by atoms with Crippen LogP contribution >= 0.6 is 0 Å². The van der Waals surface area contributed by atoms with Crippen molar-refractivity contribution in [3.63, 3.8) is 0 Å². The molecule has 1 aliphatic carbocycles. The topological polar surface area (TPSA) is 40.4 Å². The fraction of sp³-hybridized carbons (Fsp3) is 0.300. The Morgan fingerprint density at radius 2 is 2.14 bits per heavy atom. The molecule has 1 fully saturated rings. The monoisotopic (exact) mass is 181 g/mol.